The second kappa shape index (κ2) is 8.20. The van der Waals surface area contributed by atoms with Crippen LogP contribution in [0.25, 0.3) is 0 Å². The first kappa shape index (κ1) is 17.0. The van der Waals surface area contributed by atoms with Gasteiger partial charge in [-0.2, -0.15) is 0 Å². The number of aldehydes is 1. The topological polar surface area (TPSA) is 116 Å². The summed E-state index contributed by atoms with van der Waals surface area (Å²) in [5, 5.41) is 9.11. The molecule has 0 amide bonds. The van der Waals surface area contributed by atoms with Crippen molar-refractivity contribution in [2.45, 2.75) is 39.1 Å². The minimum atomic E-state index is -1.47. The van der Waals surface area contributed by atoms with Gasteiger partial charge in [-0.3, -0.25) is 19.2 Å². The summed E-state index contributed by atoms with van der Waals surface area (Å²) < 4.78 is 14.1. The van der Waals surface area contributed by atoms with E-state index in [0.717, 1.165) is 20.8 Å². The van der Waals surface area contributed by atoms with Crippen LogP contribution in [0.15, 0.2) is 0 Å². The van der Waals surface area contributed by atoms with E-state index in [2.05, 4.69) is 4.74 Å². The fourth-order valence-corrected chi connectivity index (χ4v) is 1.33. The average Bonchev–Trinajstić information content (AvgIpc) is 2.29. The summed E-state index contributed by atoms with van der Waals surface area (Å²) in [5.41, 5.74) is 0. The number of hydrogen-bond donors (Lipinski definition) is 1. The molecular weight excluding hydrogens is 260 g/mol. The SMILES string of the molecule is CC(=O)O[C@@H]([C@H](C=O)OC(C)=O)[C@@H](CO)OC(C)=O. The smallest absolute Gasteiger partial charge is 0.303 e. The molecular formula is C11H16O8. The molecule has 0 unspecified atom stereocenters. The zero-order valence-corrected chi connectivity index (χ0v) is 10.8. The molecule has 0 spiro atoms. The molecule has 0 aromatic rings. The lowest BCUT2D eigenvalue weighted by atomic mass is 10.1. The van der Waals surface area contributed by atoms with Gasteiger partial charge in [-0.05, 0) is 0 Å². The summed E-state index contributed by atoms with van der Waals surface area (Å²) in [6.45, 7) is 2.49. The number of rotatable bonds is 7. The number of hydrogen-bond acceptors (Lipinski definition) is 8. The summed E-state index contributed by atoms with van der Waals surface area (Å²) in [7, 11) is 0. The lowest BCUT2D eigenvalue weighted by molar-refractivity contribution is -0.185. The van der Waals surface area contributed by atoms with Crippen LogP contribution >= 0.6 is 0 Å². The largest absolute Gasteiger partial charge is 0.456 e. The molecule has 8 nitrogen and oxygen atoms in total. The molecule has 19 heavy (non-hydrogen) atoms. The molecule has 0 aliphatic carbocycles. The molecule has 0 saturated heterocycles. The Hall–Kier alpha value is -1.96. The van der Waals surface area contributed by atoms with E-state index in [9.17, 15) is 19.2 Å². The number of carbonyl (C=O) groups excluding carboxylic acids is 4. The zero-order chi connectivity index (χ0) is 15.0. The predicted octanol–water partition coefficient (Wildman–Crippen LogP) is -1.03. The highest BCUT2D eigenvalue weighted by atomic mass is 16.6. The van der Waals surface area contributed by atoms with Gasteiger partial charge in [0.2, 0.25) is 0 Å². The minimum absolute atomic E-state index is 0.223. The van der Waals surface area contributed by atoms with Gasteiger partial charge in [0.05, 0.1) is 6.61 Å². The highest BCUT2D eigenvalue weighted by molar-refractivity contribution is 5.72. The molecule has 0 fully saturated rings. The summed E-state index contributed by atoms with van der Waals surface area (Å²) in [6.07, 6.45) is -3.97. The summed E-state index contributed by atoms with van der Waals surface area (Å²) in [4.78, 5) is 43.6. The number of ether oxygens (including phenoxy) is 3. The first-order chi connectivity index (χ1) is 8.81. The van der Waals surface area contributed by atoms with Gasteiger partial charge >= 0.3 is 17.9 Å². The van der Waals surface area contributed by atoms with Crippen LogP contribution in [0.3, 0.4) is 0 Å². The summed E-state index contributed by atoms with van der Waals surface area (Å²) >= 11 is 0. The van der Waals surface area contributed by atoms with Gasteiger partial charge in [0.1, 0.15) is 0 Å². The lowest BCUT2D eigenvalue weighted by Crippen LogP contribution is -2.47. The van der Waals surface area contributed by atoms with Crippen LogP contribution in [-0.2, 0) is 33.4 Å². The van der Waals surface area contributed by atoms with Gasteiger partial charge in [-0.25, -0.2) is 0 Å². The van der Waals surface area contributed by atoms with Crippen LogP contribution in [-0.4, -0.2) is 54.2 Å². The molecule has 1 N–H and O–H groups in total. The molecule has 0 aliphatic rings. The summed E-state index contributed by atoms with van der Waals surface area (Å²) in [6, 6.07) is 0. The fourth-order valence-electron chi connectivity index (χ4n) is 1.33. The maximum atomic E-state index is 11.0. The second-order valence-electron chi connectivity index (χ2n) is 3.61. The van der Waals surface area contributed by atoms with Crippen LogP contribution in [0.4, 0.5) is 0 Å². The van der Waals surface area contributed by atoms with E-state index in [1.54, 1.807) is 0 Å². The Labute approximate surface area is 109 Å². The Morgan fingerprint density at radius 1 is 1.00 bits per heavy atom. The number of esters is 3. The normalized spacial score (nSPS) is 14.7. The molecule has 0 rings (SSSR count). The average molecular weight is 276 g/mol. The fraction of sp³-hybridized carbons (Fsp3) is 0.636. The van der Waals surface area contributed by atoms with Gasteiger partial charge in [-0.15, -0.1) is 0 Å². The van der Waals surface area contributed by atoms with Crippen molar-refractivity contribution < 1.29 is 38.5 Å². The Morgan fingerprint density at radius 2 is 1.47 bits per heavy atom. The molecule has 108 valence electrons. The molecule has 0 bridgehead atoms. The van der Waals surface area contributed by atoms with E-state index in [0.29, 0.717) is 0 Å². The van der Waals surface area contributed by atoms with E-state index >= 15 is 0 Å². The third-order valence-corrected chi connectivity index (χ3v) is 1.93. The molecule has 0 heterocycles. The maximum Gasteiger partial charge on any atom is 0.303 e. The van der Waals surface area contributed by atoms with Crippen LogP contribution in [0.5, 0.6) is 0 Å². The molecule has 0 radical (unpaired) electrons. The number of carbonyl (C=O) groups is 4. The Balaban J connectivity index is 5.11. The molecule has 8 heteroatoms. The highest BCUT2D eigenvalue weighted by Crippen LogP contribution is 2.12. The van der Waals surface area contributed by atoms with Crippen molar-refractivity contribution in [1.29, 1.82) is 0 Å². The van der Waals surface area contributed by atoms with E-state index in [1.165, 1.54) is 0 Å². The van der Waals surface area contributed by atoms with Crippen molar-refractivity contribution in [1.82, 2.24) is 0 Å². The van der Waals surface area contributed by atoms with Crippen LogP contribution in [0, 0.1) is 0 Å². The van der Waals surface area contributed by atoms with Crippen molar-refractivity contribution in [3.63, 3.8) is 0 Å². The molecule has 0 aromatic heterocycles. The van der Waals surface area contributed by atoms with Crippen molar-refractivity contribution in [2.24, 2.45) is 0 Å². The monoisotopic (exact) mass is 276 g/mol. The minimum Gasteiger partial charge on any atom is -0.456 e. The quantitative estimate of drug-likeness (QED) is 0.356. The first-order valence-electron chi connectivity index (χ1n) is 5.39. The van der Waals surface area contributed by atoms with Gasteiger partial charge in [0.15, 0.2) is 24.6 Å². The Morgan fingerprint density at radius 3 is 1.79 bits per heavy atom. The molecule has 0 aliphatic heterocycles. The second-order valence-corrected chi connectivity index (χ2v) is 3.61. The van der Waals surface area contributed by atoms with E-state index in [4.69, 9.17) is 14.6 Å². The number of aliphatic hydroxyl groups excluding tert-OH is 1. The van der Waals surface area contributed by atoms with Gasteiger partial charge in [-0.1, -0.05) is 0 Å². The first-order valence-corrected chi connectivity index (χ1v) is 5.39. The van der Waals surface area contributed by atoms with Gasteiger partial charge in [0, 0.05) is 20.8 Å². The zero-order valence-electron chi connectivity index (χ0n) is 10.8. The van der Waals surface area contributed by atoms with Crippen molar-refractivity contribution in [2.75, 3.05) is 6.61 Å². The molecule has 0 aromatic carbocycles. The maximum absolute atomic E-state index is 11.0. The third-order valence-electron chi connectivity index (χ3n) is 1.93. The van der Waals surface area contributed by atoms with Crippen LogP contribution in [0.2, 0.25) is 0 Å². The van der Waals surface area contributed by atoms with Gasteiger partial charge in [0.25, 0.3) is 0 Å². The van der Waals surface area contributed by atoms with Crippen molar-refractivity contribution in [3.05, 3.63) is 0 Å². The predicted molar refractivity (Wildman–Crippen MR) is 59.8 cm³/mol. The van der Waals surface area contributed by atoms with Crippen LogP contribution in [0.1, 0.15) is 20.8 Å². The third kappa shape index (κ3) is 6.51. The van der Waals surface area contributed by atoms with Crippen molar-refractivity contribution in [3.8, 4) is 0 Å². The standard InChI is InChI=1S/C11H16O8/c1-6(14)17-9(4-12)11(19-8(3)16)10(5-13)18-7(2)15/h4,9-11,13H,5H2,1-3H3/t9-,10+,11-/m0/s1. The van der Waals surface area contributed by atoms with E-state index in [1.807, 2.05) is 0 Å². The molecule has 0 saturated carbocycles. The Kier molecular flexibility index (Phi) is 7.35. The number of aliphatic hydroxyl groups is 1. The molecule has 3 atom stereocenters. The van der Waals surface area contributed by atoms with Crippen LogP contribution < -0.4 is 0 Å². The Bertz CT molecular complexity index is 351. The van der Waals surface area contributed by atoms with E-state index < -0.39 is 42.8 Å². The van der Waals surface area contributed by atoms with E-state index in [-0.39, 0.29) is 6.29 Å². The summed E-state index contributed by atoms with van der Waals surface area (Å²) in [5.74, 6) is -2.31. The van der Waals surface area contributed by atoms with Gasteiger partial charge < -0.3 is 19.3 Å². The lowest BCUT2D eigenvalue weighted by Gasteiger charge is -2.28. The highest BCUT2D eigenvalue weighted by Gasteiger charge is 2.36. The van der Waals surface area contributed by atoms with Crippen molar-refractivity contribution >= 4 is 24.2 Å².